The van der Waals surface area contributed by atoms with E-state index in [1.807, 2.05) is 0 Å². The van der Waals surface area contributed by atoms with E-state index >= 15 is 0 Å². The van der Waals surface area contributed by atoms with Crippen LogP contribution in [0.3, 0.4) is 0 Å². The molecule has 94 valence electrons. The van der Waals surface area contributed by atoms with Gasteiger partial charge >= 0.3 is 5.97 Å². The fraction of sp³-hybridized carbons (Fsp3) is 0.917. The lowest BCUT2D eigenvalue weighted by atomic mass is 9.88. The Morgan fingerprint density at radius 1 is 1.62 bits per heavy atom. The summed E-state index contributed by atoms with van der Waals surface area (Å²) in [5.41, 5.74) is -0.822. The molecule has 1 fully saturated rings. The number of hydrogen-bond donors (Lipinski definition) is 2. The third-order valence-electron chi connectivity index (χ3n) is 4.07. The maximum absolute atomic E-state index is 11.2. The molecule has 1 rings (SSSR count). The van der Waals surface area contributed by atoms with E-state index in [0.29, 0.717) is 18.5 Å². The molecule has 1 saturated carbocycles. The molecule has 16 heavy (non-hydrogen) atoms. The summed E-state index contributed by atoms with van der Waals surface area (Å²) in [6, 6.07) is 0.948. The van der Waals surface area contributed by atoms with Crippen LogP contribution in [-0.4, -0.2) is 47.7 Å². The number of nitrogens with zero attached hydrogens (tertiary/aromatic N) is 1. The molecule has 0 aromatic heterocycles. The van der Waals surface area contributed by atoms with Crippen molar-refractivity contribution >= 4 is 5.97 Å². The first-order valence-corrected chi connectivity index (χ1v) is 6.05. The van der Waals surface area contributed by atoms with Crippen LogP contribution in [0, 0.1) is 0 Å². The Morgan fingerprint density at radius 2 is 2.19 bits per heavy atom. The van der Waals surface area contributed by atoms with Crippen molar-refractivity contribution in [1.29, 1.82) is 0 Å². The van der Waals surface area contributed by atoms with E-state index in [0.717, 1.165) is 0 Å². The van der Waals surface area contributed by atoms with Crippen LogP contribution in [-0.2, 0) is 4.79 Å². The van der Waals surface area contributed by atoms with E-state index < -0.39 is 11.5 Å². The average molecular weight is 228 g/mol. The van der Waals surface area contributed by atoms with Gasteiger partial charge in [0.05, 0.1) is 0 Å². The minimum atomic E-state index is -0.822. The number of hydrogen-bond acceptors (Lipinski definition) is 3. The number of carboxylic acids is 1. The Hall–Kier alpha value is -0.610. The van der Waals surface area contributed by atoms with E-state index in [9.17, 15) is 9.90 Å². The van der Waals surface area contributed by atoms with Crippen LogP contribution in [0.1, 0.15) is 39.5 Å². The molecule has 0 bridgehead atoms. The molecule has 4 nitrogen and oxygen atoms in total. The maximum Gasteiger partial charge on any atom is 0.323 e. The quantitative estimate of drug-likeness (QED) is 0.720. The summed E-state index contributed by atoms with van der Waals surface area (Å²) in [6.07, 6.45) is 4.45. The van der Waals surface area contributed by atoms with E-state index in [4.69, 9.17) is 0 Å². The van der Waals surface area contributed by atoms with Crippen LogP contribution in [0.15, 0.2) is 0 Å². The summed E-state index contributed by atoms with van der Waals surface area (Å²) in [5, 5.41) is 12.1. The Balaban J connectivity index is 2.53. The molecule has 2 atom stereocenters. The predicted molar refractivity (Wildman–Crippen MR) is 64.6 cm³/mol. The Bertz CT molecular complexity index is 253. The van der Waals surface area contributed by atoms with Crippen LogP contribution >= 0.6 is 0 Å². The van der Waals surface area contributed by atoms with Gasteiger partial charge in [-0.1, -0.05) is 6.42 Å². The molecule has 4 heteroatoms. The summed E-state index contributed by atoms with van der Waals surface area (Å²) in [7, 11) is 3.82. The van der Waals surface area contributed by atoms with Gasteiger partial charge in [0.2, 0.25) is 0 Å². The van der Waals surface area contributed by atoms with Crippen LogP contribution < -0.4 is 5.32 Å². The molecule has 0 radical (unpaired) electrons. The van der Waals surface area contributed by atoms with Crippen molar-refractivity contribution in [3.8, 4) is 0 Å². The van der Waals surface area contributed by atoms with Gasteiger partial charge in [0.25, 0.3) is 0 Å². The molecule has 0 saturated heterocycles. The molecule has 2 unspecified atom stereocenters. The van der Waals surface area contributed by atoms with Crippen LogP contribution in [0.5, 0.6) is 0 Å². The van der Waals surface area contributed by atoms with Gasteiger partial charge in [0.15, 0.2) is 0 Å². The SMILES string of the molecule is CNC(C)(CC(C)N(C)C1CCC1)C(=O)O. The summed E-state index contributed by atoms with van der Waals surface area (Å²) in [4.78, 5) is 13.5. The Morgan fingerprint density at radius 3 is 2.50 bits per heavy atom. The highest BCUT2D eigenvalue weighted by atomic mass is 16.4. The van der Waals surface area contributed by atoms with Crippen LogP contribution in [0.25, 0.3) is 0 Å². The lowest BCUT2D eigenvalue weighted by molar-refractivity contribution is -0.144. The highest BCUT2D eigenvalue weighted by Crippen LogP contribution is 2.27. The van der Waals surface area contributed by atoms with Gasteiger partial charge in [-0.25, -0.2) is 0 Å². The third-order valence-corrected chi connectivity index (χ3v) is 4.07. The largest absolute Gasteiger partial charge is 0.480 e. The van der Waals surface area contributed by atoms with Crippen molar-refractivity contribution in [2.75, 3.05) is 14.1 Å². The number of aliphatic carboxylic acids is 1. The van der Waals surface area contributed by atoms with Crippen molar-refractivity contribution in [2.24, 2.45) is 0 Å². The zero-order chi connectivity index (χ0) is 12.3. The average Bonchev–Trinajstić information content (AvgIpc) is 2.14. The molecule has 2 N–H and O–H groups in total. The summed E-state index contributed by atoms with van der Waals surface area (Å²) < 4.78 is 0. The van der Waals surface area contributed by atoms with Gasteiger partial charge in [0.1, 0.15) is 5.54 Å². The van der Waals surface area contributed by atoms with Gasteiger partial charge in [-0.3, -0.25) is 4.79 Å². The topological polar surface area (TPSA) is 52.6 Å². The summed E-state index contributed by atoms with van der Waals surface area (Å²) >= 11 is 0. The van der Waals surface area contributed by atoms with E-state index in [1.54, 1.807) is 14.0 Å². The molecule has 0 amide bonds. The van der Waals surface area contributed by atoms with Gasteiger partial charge in [-0.15, -0.1) is 0 Å². The van der Waals surface area contributed by atoms with Gasteiger partial charge < -0.3 is 15.3 Å². The molecular formula is C12H24N2O2. The molecule has 0 aromatic carbocycles. The van der Waals surface area contributed by atoms with Crippen LogP contribution in [0.4, 0.5) is 0 Å². The molecule has 1 aliphatic rings. The van der Waals surface area contributed by atoms with Gasteiger partial charge in [-0.2, -0.15) is 0 Å². The predicted octanol–water partition coefficient (Wildman–Crippen LogP) is 1.31. The molecule has 0 aliphatic heterocycles. The summed E-state index contributed by atoms with van der Waals surface area (Å²) in [5.74, 6) is -0.774. The Kier molecular flexibility index (Phi) is 4.33. The van der Waals surface area contributed by atoms with E-state index in [2.05, 4.69) is 24.2 Å². The fourth-order valence-corrected chi connectivity index (χ4v) is 2.18. The highest BCUT2D eigenvalue weighted by Gasteiger charge is 2.35. The van der Waals surface area contributed by atoms with Gasteiger partial charge in [0, 0.05) is 12.1 Å². The first-order valence-electron chi connectivity index (χ1n) is 6.05. The molecule has 0 aromatic rings. The number of rotatable bonds is 6. The van der Waals surface area contributed by atoms with Crippen molar-refractivity contribution in [3.05, 3.63) is 0 Å². The van der Waals surface area contributed by atoms with E-state index in [-0.39, 0.29) is 0 Å². The summed E-state index contributed by atoms with van der Waals surface area (Å²) in [6.45, 7) is 3.86. The standard InChI is InChI=1S/C12H24N2O2/c1-9(14(4)10-6-5-7-10)8-12(2,13-3)11(15)16/h9-10,13H,5-8H2,1-4H3,(H,15,16). The fourth-order valence-electron chi connectivity index (χ4n) is 2.18. The first-order chi connectivity index (χ1) is 7.40. The normalized spacial score (nSPS) is 22.6. The molecular weight excluding hydrogens is 204 g/mol. The number of likely N-dealkylation sites (N-methyl/N-ethyl adjacent to an activating group) is 1. The zero-order valence-corrected chi connectivity index (χ0v) is 10.8. The van der Waals surface area contributed by atoms with E-state index in [1.165, 1.54) is 19.3 Å². The molecule has 1 aliphatic carbocycles. The number of carbonyl (C=O) groups is 1. The molecule has 0 heterocycles. The van der Waals surface area contributed by atoms with Crippen molar-refractivity contribution in [3.63, 3.8) is 0 Å². The number of nitrogens with one attached hydrogen (secondary N) is 1. The van der Waals surface area contributed by atoms with Crippen molar-refractivity contribution in [2.45, 2.75) is 57.2 Å². The second-order valence-corrected chi connectivity index (χ2v) is 5.19. The third kappa shape index (κ3) is 2.74. The lowest BCUT2D eigenvalue weighted by Crippen LogP contribution is -2.53. The number of carboxylic acid groups (broad SMARTS) is 1. The second kappa shape index (κ2) is 5.15. The first kappa shape index (κ1) is 13.5. The van der Waals surface area contributed by atoms with Crippen molar-refractivity contribution in [1.82, 2.24) is 10.2 Å². The monoisotopic (exact) mass is 228 g/mol. The Labute approximate surface area is 98.0 Å². The minimum absolute atomic E-state index is 0.291. The minimum Gasteiger partial charge on any atom is -0.480 e. The maximum atomic E-state index is 11.2. The molecule has 0 spiro atoms. The van der Waals surface area contributed by atoms with Gasteiger partial charge in [-0.05, 0) is 47.2 Å². The van der Waals surface area contributed by atoms with Crippen LogP contribution in [0.2, 0.25) is 0 Å². The van der Waals surface area contributed by atoms with Crippen molar-refractivity contribution < 1.29 is 9.90 Å². The smallest absolute Gasteiger partial charge is 0.323 e. The second-order valence-electron chi connectivity index (χ2n) is 5.19. The zero-order valence-electron chi connectivity index (χ0n) is 10.8. The highest BCUT2D eigenvalue weighted by molar-refractivity contribution is 5.78. The lowest BCUT2D eigenvalue weighted by Gasteiger charge is -2.41.